The maximum absolute atomic E-state index is 12.5. The highest BCUT2D eigenvalue weighted by Gasteiger charge is 2.24. The first-order valence-electron chi connectivity index (χ1n) is 10.2. The molecule has 0 radical (unpaired) electrons. The van der Waals surface area contributed by atoms with E-state index in [0.29, 0.717) is 24.8 Å². The first-order valence-corrected chi connectivity index (χ1v) is 10.2. The minimum absolute atomic E-state index is 0.0106. The molecule has 0 unspecified atom stereocenters. The van der Waals surface area contributed by atoms with Gasteiger partial charge in [0.05, 0.1) is 6.10 Å². The number of aryl methyl sites for hydroxylation is 1. The largest absolute Gasteiger partial charge is 0.378 e. The van der Waals surface area contributed by atoms with Crippen LogP contribution in [0.2, 0.25) is 0 Å². The first-order chi connectivity index (χ1) is 13.0. The Morgan fingerprint density at radius 2 is 1.85 bits per heavy atom. The third-order valence-electron chi connectivity index (χ3n) is 5.15. The van der Waals surface area contributed by atoms with Crippen LogP contribution in [0.4, 0.5) is 0 Å². The molecule has 0 heterocycles. The predicted molar refractivity (Wildman–Crippen MR) is 108 cm³/mol. The van der Waals surface area contributed by atoms with Crippen LogP contribution in [0.5, 0.6) is 0 Å². The number of nitrogens with one attached hydrogen (secondary N) is 2. The molecule has 1 fully saturated rings. The molecule has 0 saturated heterocycles. The van der Waals surface area contributed by atoms with E-state index in [2.05, 4.69) is 10.6 Å². The standard InChI is InChI=1S/C22H34N2O3/c1-16(2)20(24-21(25)19-13-8-7-10-17(19)3)22(26)23-14-9-15-27-18-11-5-4-6-12-18/h7-8,10,13,16,18,20H,4-6,9,11-12,14-15H2,1-3H3,(H,23,26)(H,24,25)/t20-/m0/s1. The monoisotopic (exact) mass is 374 g/mol. The van der Waals surface area contributed by atoms with Gasteiger partial charge in [0.1, 0.15) is 6.04 Å². The second kappa shape index (κ2) is 11.1. The number of carbonyl (C=O) groups excluding carboxylic acids is 2. The van der Waals surface area contributed by atoms with Gasteiger partial charge in [-0.05, 0) is 43.7 Å². The Balaban J connectivity index is 1.75. The summed E-state index contributed by atoms with van der Waals surface area (Å²) in [6, 6.07) is 6.86. The molecule has 5 nitrogen and oxygen atoms in total. The second-order valence-corrected chi connectivity index (χ2v) is 7.79. The molecule has 0 bridgehead atoms. The third-order valence-corrected chi connectivity index (χ3v) is 5.15. The summed E-state index contributed by atoms with van der Waals surface area (Å²) in [6.07, 6.45) is 7.35. The molecule has 2 rings (SSSR count). The van der Waals surface area contributed by atoms with Crippen molar-refractivity contribution in [3.05, 3.63) is 35.4 Å². The van der Waals surface area contributed by atoms with Crippen molar-refractivity contribution in [2.45, 2.75) is 71.4 Å². The normalized spacial score (nSPS) is 16.1. The molecule has 27 heavy (non-hydrogen) atoms. The topological polar surface area (TPSA) is 67.4 Å². The van der Waals surface area contributed by atoms with Crippen LogP contribution in [-0.2, 0) is 9.53 Å². The van der Waals surface area contributed by atoms with Crippen molar-refractivity contribution in [3.63, 3.8) is 0 Å². The lowest BCUT2D eigenvalue weighted by molar-refractivity contribution is -0.124. The molecule has 2 amide bonds. The van der Waals surface area contributed by atoms with E-state index in [4.69, 9.17) is 4.74 Å². The Morgan fingerprint density at radius 3 is 2.52 bits per heavy atom. The molecule has 0 aliphatic heterocycles. The molecular weight excluding hydrogens is 340 g/mol. The average molecular weight is 375 g/mol. The maximum Gasteiger partial charge on any atom is 0.252 e. The second-order valence-electron chi connectivity index (χ2n) is 7.79. The number of carbonyl (C=O) groups is 2. The summed E-state index contributed by atoms with van der Waals surface area (Å²) in [6.45, 7) is 7.01. The quantitative estimate of drug-likeness (QED) is 0.649. The molecule has 2 N–H and O–H groups in total. The van der Waals surface area contributed by atoms with Crippen molar-refractivity contribution in [2.24, 2.45) is 5.92 Å². The summed E-state index contributed by atoms with van der Waals surface area (Å²) in [7, 11) is 0. The number of amides is 2. The van der Waals surface area contributed by atoms with E-state index in [0.717, 1.165) is 24.8 Å². The molecule has 1 aromatic carbocycles. The highest BCUT2D eigenvalue weighted by atomic mass is 16.5. The van der Waals surface area contributed by atoms with E-state index >= 15 is 0 Å². The average Bonchev–Trinajstić information content (AvgIpc) is 2.66. The number of hydrogen-bond acceptors (Lipinski definition) is 3. The van der Waals surface area contributed by atoms with Crippen LogP contribution in [0.15, 0.2) is 24.3 Å². The summed E-state index contributed by atoms with van der Waals surface area (Å²) in [5.74, 6) is -0.330. The van der Waals surface area contributed by atoms with Gasteiger partial charge in [0, 0.05) is 18.7 Å². The minimum atomic E-state index is -0.545. The number of rotatable bonds is 9. The van der Waals surface area contributed by atoms with Crippen molar-refractivity contribution < 1.29 is 14.3 Å². The number of benzene rings is 1. The van der Waals surface area contributed by atoms with Gasteiger partial charge in [-0.25, -0.2) is 0 Å². The Labute approximate surface area is 163 Å². The number of hydrogen-bond donors (Lipinski definition) is 2. The van der Waals surface area contributed by atoms with Crippen LogP contribution in [0.25, 0.3) is 0 Å². The van der Waals surface area contributed by atoms with Crippen LogP contribution >= 0.6 is 0 Å². The van der Waals surface area contributed by atoms with Crippen molar-refractivity contribution in [1.29, 1.82) is 0 Å². The van der Waals surface area contributed by atoms with Crippen LogP contribution in [0.3, 0.4) is 0 Å². The van der Waals surface area contributed by atoms with Gasteiger partial charge >= 0.3 is 0 Å². The maximum atomic E-state index is 12.5. The van der Waals surface area contributed by atoms with Crippen LogP contribution in [0, 0.1) is 12.8 Å². The van der Waals surface area contributed by atoms with Crippen LogP contribution < -0.4 is 10.6 Å². The molecule has 1 aromatic rings. The van der Waals surface area contributed by atoms with Crippen LogP contribution in [0.1, 0.15) is 68.3 Å². The summed E-state index contributed by atoms with van der Waals surface area (Å²) >= 11 is 0. The fraction of sp³-hybridized carbons (Fsp3) is 0.636. The molecule has 1 aliphatic rings. The van der Waals surface area contributed by atoms with Gasteiger partial charge in [-0.1, -0.05) is 51.3 Å². The Hall–Kier alpha value is -1.88. The van der Waals surface area contributed by atoms with Crippen molar-refractivity contribution >= 4 is 11.8 Å². The Morgan fingerprint density at radius 1 is 1.15 bits per heavy atom. The summed E-state index contributed by atoms with van der Waals surface area (Å²) in [4.78, 5) is 25.1. The molecular formula is C22H34N2O3. The molecule has 150 valence electrons. The fourth-order valence-electron chi connectivity index (χ4n) is 3.46. The van der Waals surface area contributed by atoms with E-state index in [1.54, 1.807) is 6.07 Å². The zero-order valence-corrected chi connectivity index (χ0v) is 16.9. The van der Waals surface area contributed by atoms with Crippen molar-refractivity contribution in [2.75, 3.05) is 13.2 Å². The lowest BCUT2D eigenvalue weighted by Crippen LogP contribution is -2.50. The zero-order valence-electron chi connectivity index (χ0n) is 16.9. The van der Waals surface area contributed by atoms with E-state index < -0.39 is 6.04 Å². The smallest absolute Gasteiger partial charge is 0.252 e. The van der Waals surface area contributed by atoms with Crippen molar-refractivity contribution in [1.82, 2.24) is 10.6 Å². The molecule has 0 spiro atoms. The van der Waals surface area contributed by atoms with Gasteiger partial charge in [-0.3, -0.25) is 9.59 Å². The third kappa shape index (κ3) is 6.98. The van der Waals surface area contributed by atoms with Gasteiger partial charge in [0.25, 0.3) is 5.91 Å². The summed E-state index contributed by atoms with van der Waals surface area (Å²) < 4.78 is 5.89. The van der Waals surface area contributed by atoms with Gasteiger partial charge < -0.3 is 15.4 Å². The fourth-order valence-corrected chi connectivity index (χ4v) is 3.46. The SMILES string of the molecule is Cc1ccccc1C(=O)N[C@H](C(=O)NCCCOC1CCCCC1)C(C)C. The predicted octanol–water partition coefficient (Wildman–Crippen LogP) is 3.61. The van der Waals surface area contributed by atoms with Gasteiger partial charge in [0.2, 0.25) is 5.91 Å². The van der Waals surface area contributed by atoms with E-state index in [9.17, 15) is 9.59 Å². The van der Waals surface area contributed by atoms with Gasteiger partial charge in [0.15, 0.2) is 0 Å². The molecule has 1 saturated carbocycles. The highest BCUT2D eigenvalue weighted by Crippen LogP contribution is 2.20. The highest BCUT2D eigenvalue weighted by molar-refractivity contribution is 5.98. The first kappa shape index (κ1) is 21.4. The van der Waals surface area contributed by atoms with E-state index in [-0.39, 0.29) is 17.7 Å². The van der Waals surface area contributed by atoms with Crippen LogP contribution in [-0.4, -0.2) is 37.1 Å². The lowest BCUT2D eigenvalue weighted by atomic mass is 9.98. The summed E-state index contributed by atoms with van der Waals surface area (Å²) in [5, 5.41) is 5.82. The Bertz CT molecular complexity index is 609. The molecule has 1 atom stereocenters. The molecule has 0 aromatic heterocycles. The van der Waals surface area contributed by atoms with Gasteiger partial charge in [-0.2, -0.15) is 0 Å². The Kier molecular flexibility index (Phi) is 8.79. The molecule has 1 aliphatic carbocycles. The lowest BCUT2D eigenvalue weighted by Gasteiger charge is -2.23. The molecule has 5 heteroatoms. The van der Waals surface area contributed by atoms with Gasteiger partial charge in [-0.15, -0.1) is 0 Å². The number of ether oxygens (including phenoxy) is 1. The van der Waals surface area contributed by atoms with E-state index in [1.807, 2.05) is 39.0 Å². The summed E-state index contributed by atoms with van der Waals surface area (Å²) in [5.41, 5.74) is 1.51. The van der Waals surface area contributed by atoms with Crippen molar-refractivity contribution in [3.8, 4) is 0 Å². The zero-order chi connectivity index (χ0) is 19.6. The van der Waals surface area contributed by atoms with E-state index in [1.165, 1.54) is 19.3 Å². The minimum Gasteiger partial charge on any atom is -0.378 e.